The van der Waals surface area contributed by atoms with Crippen LogP contribution in [0, 0.1) is 6.92 Å². The zero-order valence-corrected chi connectivity index (χ0v) is 18.2. The topological polar surface area (TPSA) is 34.0 Å². The van der Waals surface area contributed by atoms with Crippen LogP contribution in [0.1, 0.15) is 71.4 Å². The van der Waals surface area contributed by atoms with E-state index in [1.807, 2.05) is 6.07 Å². The maximum absolute atomic E-state index is 13.1. The van der Waals surface area contributed by atoms with Crippen LogP contribution in [0.2, 0.25) is 0 Å². The van der Waals surface area contributed by atoms with E-state index < -0.39 is 0 Å². The van der Waals surface area contributed by atoms with Crippen LogP contribution in [0.15, 0.2) is 60.7 Å². The zero-order chi connectivity index (χ0) is 20.9. The van der Waals surface area contributed by atoms with E-state index in [9.17, 15) is 4.79 Å². The van der Waals surface area contributed by atoms with Gasteiger partial charge in [0.25, 0.3) is 5.91 Å². The first-order chi connectivity index (χ1) is 14.6. The lowest BCUT2D eigenvalue weighted by molar-refractivity contribution is 0.101. The van der Waals surface area contributed by atoms with Crippen molar-refractivity contribution >= 4 is 11.6 Å². The summed E-state index contributed by atoms with van der Waals surface area (Å²) in [6, 6.07) is 21.2. The smallest absolute Gasteiger partial charge is 0.272 e. The number of carbonyl (C=O) groups is 1. The third-order valence-electron chi connectivity index (χ3n) is 5.90. The van der Waals surface area contributed by atoms with Crippen molar-refractivity contribution in [1.82, 2.24) is 4.57 Å². The van der Waals surface area contributed by atoms with Crippen LogP contribution in [0.25, 0.3) is 0 Å². The summed E-state index contributed by atoms with van der Waals surface area (Å²) in [6.45, 7) is 5.14. The molecule has 1 aromatic heterocycles. The molecule has 1 N–H and O–H groups in total. The molecule has 0 saturated heterocycles. The molecule has 0 bridgehead atoms. The molecule has 3 heteroatoms. The Balaban J connectivity index is 1.46. The van der Waals surface area contributed by atoms with Crippen LogP contribution >= 0.6 is 0 Å². The second kappa shape index (κ2) is 9.34. The van der Waals surface area contributed by atoms with Crippen molar-refractivity contribution < 1.29 is 4.79 Å². The molecule has 0 aliphatic heterocycles. The summed E-state index contributed by atoms with van der Waals surface area (Å²) in [6.07, 6.45) is 6.68. The van der Waals surface area contributed by atoms with Gasteiger partial charge in [-0.2, -0.15) is 0 Å². The fraction of sp³-hybridized carbons (Fsp3) is 0.370. The number of amides is 1. The van der Waals surface area contributed by atoms with Crippen molar-refractivity contribution in [2.45, 2.75) is 64.8 Å². The average molecular weight is 401 g/mol. The molecule has 1 saturated carbocycles. The molecule has 0 radical (unpaired) electrons. The van der Waals surface area contributed by atoms with Gasteiger partial charge in [-0.1, -0.05) is 43.3 Å². The van der Waals surface area contributed by atoms with Crippen molar-refractivity contribution in [1.29, 1.82) is 0 Å². The molecule has 1 aliphatic carbocycles. The number of rotatable bonds is 9. The van der Waals surface area contributed by atoms with Gasteiger partial charge in [-0.3, -0.25) is 4.79 Å². The number of carbonyl (C=O) groups excluding carboxylic acids is 1. The van der Waals surface area contributed by atoms with E-state index in [0.717, 1.165) is 43.6 Å². The molecule has 2 aromatic carbocycles. The van der Waals surface area contributed by atoms with Gasteiger partial charge in [0, 0.05) is 17.9 Å². The highest BCUT2D eigenvalue weighted by atomic mass is 16.1. The Kier molecular flexibility index (Phi) is 6.37. The van der Waals surface area contributed by atoms with E-state index in [2.05, 4.69) is 78.3 Å². The number of anilines is 1. The number of nitrogens with zero attached hydrogens (tertiary/aromatic N) is 1. The van der Waals surface area contributed by atoms with Gasteiger partial charge in [0.05, 0.1) is 0 Å². The zero-order valence-electron chi connectivity index (χ0n) is 18.2. The Bertz CT molecular complexity index is 999. The largest absolute Gasteiger partial charge is 0.341 e. The molecule has 3 aromatic rings. The molecule has 1 heterocycles. The Morgan fingerprint density at radius 2 is 1.83 bits per heavy atom. The number of hydrogen-bond acceptors (Lipinski definition) is 1. The van der Waals surface area contributed by atoms with Crippen molar-refractivity contribution in [3.63, 3.8) is 0 Å². The number of aromatic nitrogens is 1. The summed E-state index contributed by atoms with van der Waals surface area (Å²) in [4.78, 5) is 13.1. The van der Waals surface area contributed by atoms with Gasteiger partial charge in [-0.05, 0) is 92.3 Å². The van der Waals surface area contributed by atoms with Crippen LogP contribution in [0.4, 0.5) is 5.69 Å². The van der Waals surface area contributed by atoms with E-state index in [1.54, 1.807) is 0 Å². The summed E-state index contributed by atoms with van der Waals surface area (Å²) in [7, 11) is 0. The van der Waals surface area contributed by atoms with Gasteiger partial charge in [-0.25, -0.2) is 0 Å². The Morgan fingerprint density at radius 3 is 2.57 bits per heavy atom. The predicted octanol–water partition coefficient (Wildman–Crippen LogP) is 6.51. The molecular formula is C27H32N2O. The molecule has 156 valence electrons. The van der Waals surface area contributed by atoms with Crippen molar-refractivity contribution in [3.8, 4) is 0 Å². The lowest BCUT2D eigenvalue weighted by atomic mass is 10.1. The second-order valence-corrected chi connectivity index (χ2v) is 8.56. The molecular weight excluding hydrogens is 368 g/mol. The Hall–Kier alpha value is -2.81. The number of hydrogen-bond donors (Lipinski definition) is 1. The van der Waals surface area contributed by atoms with E-state index in [4.69, 9.17) is 0 Å². The maximum atomic E-state index is 13.1. The lowest BCUT2D eigenvalue weighted by Gasteiger charge is -2.14. The molecule has 3 nitrogen and oxygen atoms in total. The molecule has 30 heavy (non-hydrogen) atoms. The minimum atomic E-state index is -0.00916. The summed E-state index contributed by atoms with van der Waals surface area (Å²) in [5, 5.41) is 3.16. The summed E-state index contributed by atoms with van der Waals surface area (Å²) in [5.41, 5.74) is 6.87. The predicted molar refractivity (Wildman–Crippen MR) is 124 cm³/mol. The molecule has 0 atom stereocenters. The highest BCUT2D eigenvalue weighted by Gasteiger charge is 2.24. The van der Waals surface area contributed by atoms with Crippen LogP contribution in [0.5, 0.6) is 0 Å². The number of nitrogens with one attached hydrogen (secondary N) is 1. The molecule has 0 unspecified atom stereocenters. The van der Waals surface area contributed by atoms with E-state index in [0.29, 0.717) is 5.92 Å². The number of aryl methyl sites for hydroxylation is 3. The summed E-state index contributed by atoms with van der Waals surface area (Å²) in [5.74, 6) is 0.672. The van der Waals surface area contributed by atoms with Gasteiger partial charge < -0.3 is 9.88 Å². The van der Waals surface area contributed by atoms with E-state index in [1.165, 1.54) is 35.2 Å². The fourth-order valence-corrected chi connectivity index (χ4v) is 4.26. The van der Waals surface area contributed by atoms with Crippen LogP contribution in [-0.2, 0) is 19.4 Å². The molecule has 4 rings (SSSR count). The van der Waals surface area contributed by atoms with E-state index >= 15 is 0 Å². The summed E-state index contributed by atoms with van der Waals surface area (Å²) < 4.78 is 2.21. The maximum Gasteiger partial charge on any atom is 0.272 e. The highest BCUT2D eigenvalue weighted by Crippen LogP contribution is 2.41. The SMILES string of the molecule is CCCn1c(CCCc2ccccc2)ccc1C(=O)Nc1cc(C)cc(C2CC2)c1. The standard InChI is InChI=1S/C27H32N2O/c1-3-16-29-25(11-7-10-21-8-5-4-6-9-21)14-15-26(29)27(30)28-24-18-20(2)17-23(19-24)22-12-13-22/h4-6,8-9,14-15,17-19,22H,3,7,10-13,16H2,1-2H3,(H,28,30). The van der Waals surface area contributed by atoms with Gasteiger partial charge in [0.15, 0.2) is 0 Å². The second-order valence-electron chi connectivity index (χ2n) is 8.56. The van der Waals surface area contributed by atoms with Gasteiger partial charge >= 0.3 is 0 Å². The highest BCUT2D eigenvalue weighted by molar-refractivity contribution is 6.03. The normalized spacial score (nSPS) is 13.4. The number of benzene rings is 2. The first-order valence-electron chi connectivity index (χ1n) is 11.3. The monoisotopic (exact) mass is 400 g/mol. The van der Waals surface area contributed by atoms with Crippen molar-refractivity contribution in [3.05, 3.63) is 88.7 Å². The quantitative estimate of drug-likeness (QED) is 0.436. The van der Waals surface area contributed by atoms with Gasteiger partial charge in [0.2, 0.25) is 0 Å². The third kappa shape index (κ3) is 5.02. The van der Waals surface area contributed by atoms with Crippen LogP contribution < -0.4 is 5.32 Å². The van der Waals surface area contributed by atoms with Crippen molar-refractivity contribution in [2.75, 3.05) is 5.32 Å². The molecule has 0 spiro atoms. The first kappa shape index (κ1) is 20.5. The van der Waals surface area contributed by atoms with E-state index in [-0.39, 0.29) is 5.91 Å². The minimum Gasteiger partial charge on any atom is -0.341 e. The van der Waals surface area contributed by atoms with Crippen LogP contribution in [-0.4, -0.2) is 10.5 Å². The van der Waals surface area contributed by atoms with Crippen molar-refractivity contribution in [2.24, 2.45) is 0 Å². The summed E-state index contributed by atoms with van der Waals surface area (Å²) >= 11 is 0. The lowest BCUT2D eigenvalue weighted by Crippen LogP contribution is -2.18. The molecule has 1 aliphatic rings. The fourth-order valence-electron chi connectivity index (χ4n) is 4.26. The minimum absolute atomic E-state index is 0.00916. The van der Waals surface area contributed by atoms with Crippen LogP contribution in [0.3, 0.4) is 0 Å². The molecule has 1 fully saturated rings. The third-order valence-corrected chi connectivity index (χ3v) is 5.90. The molecule has 1 amide bonds. The first-order valence-corrected chi connectivity index (χ1v) is 11.3. The van der Waals surface area contributed by atoms with Gasteiger partial charge in [0.1, 0.15) is 5.69 Å². The average Bonchev–Trinajstić information content (AvgIpc) is 3.51. The van der Waals surface area contributed by atoms with Gasteiger partial charge in [-0.15, -0.1) is 0 Å². The Labute approximate surface area is 180 Å². The Morgan fingerprint density at radius 1 is 1.03 bits per heavy atom.